The van der Waals surface area contributed by atoms with Gasteiger partial charge in [-0.05, 0) is 30.9 Å². The molecule has 8 nitrogen and oxygen atoms in total. The number of amides is 2. The molecule has 2 heterocycles. The zero-order chi connectivity index (χ0) is 19.6. The van der Waals surface area contributed by atoms with Gasteiger partial charge in [0.1, 0.15) is 6.04 Å². The highest BCUT2D eigenvalue weighted by Gasteiger charge is 2.31. The van der Waals surface area contributed by atoms with Crippen molar-refractivity contribution in [2.75, 3.05) is 6.61 Å². The number of nitrogens with one attached hydrogen (secondary N) is 1. The molecule has 2 amide bonds. The number of rotatable bonds is 6. The maximum atomic E-state index is 12.8. The minimum Gasteiger partial charge on any atom is -0.466 e. The molecule has 1 fully saturated rings. The molecule has 1 unspecified atom stereocenters. The van der Waals surface area contributed by atoms with Gasteiger partial charge >= 0.3 is 11.7 Å². The van der Waals surface area contributed by atoms with E-state index in [1.165, 1.54) is 9.13 Å². The van der Waals surface area contributed by atoms with Crippen LogP contribution in [0.3, 0.4) is 0 Å². The molecule has 1 aromatic heterocycles. The summed E-state index contributed by atoms with van der Waals surface area (Å²) in [6, 6.07) is 4.89. The number of esters is 1. The lowest BCUT2D eigenvalue weighted by Crippen LogP contribution is -2.44. The van der Waals surface area contributed by atoms with Crippen molar-refractivity contribution < 1.29 is 19.1 Å². The third-order valence-corrected chi connectivity index (χ3v) is 4.85. The summed E-state index contributed by atoms with van der Waals surface area (Å²) in [7, 11) is 1.67. The Morgan fingerprint density at radius 1 is 1.30 bits per heavy atom. The van der Waals surface area contributed by atoms with Crippen LogP contribution in [0.5, 0.6) is 0 Å². The largest absolute Gasteiger partial charge is 0.466 e. The van der Waals surface area contributed by atoms with E-state index in [9.17, 15) is 19.2 Å². The minimum atomic E-state index is -0.695. The molecule has 0 spiro atoms. The van der Waals surface area contributed by atoms with Gasteiger partial charge in [0, 0.05) is 19.9 Å². The number of para-hydroxylation sites is 1. The summed E-state index contributed by atoms with van der Waals surface area (Å²) in [6.07, 6.45) is 2.14. The Kier molecular flexibility index (Phi) is 5.43. The second kappa shape index (κ2) is 7.77. The lowest BCUT2D eigenvalue weighted by atomic mass is 10.0. The summed E-state index contributed by atoms with van der Waals surface area (Å²) in [6.45, 7) is 2.07. The smallest absolute Gasteiger partial charge is 0.329 e. The number of carbonyl (C=O) groups is 3. The number of nitrogens with zero attached hydrogens (tertiary/aromatic N) is 2. The molecule has 1 N–H and O–H groups in total. The molecule has 3 rings (SSSR count). The topological polar surface area (TPSA) is 99.4 Å². The lowest BCUT2D eigenvalue weighted by Gasteiger charge is -2.21. The van der Waals surface area contributed by atoms with Gasteiger partial charge in [0.15, 0.2) is 0 Å². The molecule has 0 aliphatic carbocycles. The van der Waals surface area contributed by atoms with Crippen molar-refractivity contribution >= 4 is 28.8 Å². The van der Waals surface area contributed by atoms with Crippen LogP contribution in [0.2, 0.25) is 0 Å². The highest BCUT2D eigenvalue weighted by Crippen LogP contribution is 2.25. The van der Waals surface area contributed by atoms with Crippen LogP contribution in [0.4, 0.5) is 0 Å². The first-order valence-corrected chi connectivity index (χ1v) is 9.12. The van der Waals surface area contributed by atoms with Crippen molar-refractivity contribution in [2.24, 2.45) is 7.05 Å². The predicted octanol–water partition coefficient (Wildman–Crippen LogP) is 1.20. The van der Waals surface area contributed by atoms with E-state index >= 15 is 0 Å². The first-order valence-electron chi connectivity index (χ1n) is 9.12. The van der Waals surface area contributed by atoms with Gasteiger partial charge in [-0.25, -0.2) is 4.79 Å². The third-order valence-electron chi connectivity index (χ3n) is 4.85. The maximum Gasteiger partial charge on any atom is 0.329 e. The van der Waals surface area contributed by atoms with Crippen LogP contribution in [0.1, 0.15) is 44.2 Å². The monoisotopic (exact) mass is 373 g/mol. The summed E-state index contributed by atoms with van der Waals surface area (Å²) in [5.41, 5.74) is 2.09. The Morgan fingerprint density at radius 2 is 2.07 bits per heavy atom. The van der Waals surface area contributed by atoms with Gasteiger partial charge < -0.3 is 4.74 Å². The first kappa shape index (κ1) is 18.9. The van der Waals surface area contributed by atoms with Crippen LogP contribution < -0.4 is 11.0 Å². The van der Waals surface area contributed by atoms with E-state index in [0.717, 1.165) is 11.1 Å². The van der Waals surface area contributed by atoms with Crippen molar-refractivity contribution in [3.63, 3.8) is 0 Å². The van der Waals surface area contributed by atoms with E-state index in [2.05, 4.69) is 5.32 Å². The normalized spacial score (nSPS) is 17.2. The number of hydrogen-bond donors (Lipinski definition) is 1. The van der Waals surface area contributed by atoms with Crippen molar-refractivity contribution in [2.45, 2.75) is 45.1 Å². The summed E-state index contributed by atoms with van der Waals surface area (Å²) in [5.74, 6) is -0.991. The van der Waals surface area contributed by atoms with Crippen molar-refractivity contribution in [3.05, 3.63) is 34.2 Å². The summed E-state index contributed by atoms with van der Waals surface area (Å²) >= 11 is 0. The second-order valence-electron chi connectivity index (χ2n) is 6.64. The molecule has 1 saturated heterocycles. The van der Waals surface area contributed by atoms with Gasteiger partial charge in [0.05, 0.1) is 17.6 Å². The molecule has 0 radical (unpaired) electrons. The number of hydrogen-bond acceptors (Lipinski definition) is 5. The first-order chi connectivity index (χ1) is 12.9. The van der Waals surface area contributed by atoms with Crippen LogP contribution in [0.15, 0.2) is 23.0 Å². The fraction of sp³-hybridized carbons (Fsp3) is 0.474. The number of imidazole rings is 1. The Hall–Kier alpha value is -2.90. The maximum absolute atomic E-state index is 12.8. The number of piperidine rings is 1. The Labute approximate surface area is 156 Å². The van der Waals surface area contributed by atoms with Crippen LogP contribution in [-0.2, 0) is 32.6 Å². The third kappa shape index (κ3) is 3.65. The van der Waals surface area contributed by atoms with Gasteiger partial charge in [-0.15, -0.1) is 0 Å². The number of benzene rings is 1. The minimum absolute atomic E-state index is 0.210. The Balaban J connectivity index is 1.91. The molecule has 1 atom stereocenters. The van der Waals surface area contributed by atoms with Crippen molar-refractivity contribution in [1.29, 1.82) is 0 Å². The molecule has 1 aliphatic rings. The average molecular weight is 373 g/mol. The van der Waals surface area contributed by atoms with Crippen LogP contribution in [0, 0.1) is 0 Å². The number of carbonyl (C=O) groups excluding carboxylic acids is 3. The van der Waals surface area contributed by atoms with Gasteiger partial charge in [-0.1, -0.05) is 19.1 Å². The fourth-order valence-electron chi connectivity index (χ4n) is 3.50. The molecular weight excluding hydrogens is 350 g/mol. The molecule has 1 aromatic carbocycles. The highest BCUT2D eigenvalue weighted by molar-refractivity contribution is 6.00. The second-order valence-corrected chi connectivity index (χ2v) is 6.64. The molecule has 8 heteroatoms. The molecule has 0 saturated carbocycles. The summed E-state index contributed by atoms with van der Waals surface area (Å²) in [4.78, 5) is 47.7. The van der Waals surface area contributed by atoms with Gasteiger partial charge in [0.2, 0.25) is 11.8 Å². The van der Waals surface area contributed by atoms with Crippen LogP contribution in [-0.4, -0.2) is 33.5 Å². The Morgan fingerprint density at radius 3 is 2.78 bits per heavy atom. The van der Waals surface area contributed by atoms with E-state index in [1.54, 1.807) is 20.0 Å². The molecule has 2 aromatic rings. The van der Waals surface area contributed by atoms with E-state index in [1.807, 2.05) is 12.1 Å². The number of aromatic nitrogens is 2. The predicted molar refractivity (Wildman–Crippen MR) is 98.2 cm³/mol. The molecule has 27 heavy (non-hydrogen) atoms. The van der Waals surface area contributed by atoms with Gasteiger partial charge in [-0.2, -0.15) is 0 Å². The quantitative estimate of drug-likeness (QED) is 0.466. The summed E-state index contributed by atoms with van der Waals surface area (Å²) in [5, 5.41) is 2.31. The summed E-state index contributed by atoms with van der Waals surface area (Å²) < 4.78 is 8.11. The van der Waals surface area contributed by atoms with Crippen LogP contribution >= 0.6 is 0 Å². The molecule has 1 aliphatic heterocycles. The van der Waals surface area contributed by atoms with E-state index in [-0.39, 0.29) is 24.0 Å². The zero-order valence-corrected chi connectivity index (χ0v) is 15.5. The van der Waals surface area contributed by atoms with Gasteiger partial charge in [-0.3, -0.25) is 28.8 Å². The standard InChI is InChI=1S/C19H23N3O5/c1-3-16(24)27-11-5-7-12-6-4-8-13-17(12)21(2)19(26)22(13)14-9-10-15(23)20-18(14)25/h4,6,8,14H,3,5,7,9-11H2,1-2H3,(H,20,23,25). The van der Waals surface area contributed by atoms with Gasteiger partial charge in [0.25, 0.3) is 0 Å². The molecular formula is C19H23N3O5. The van der Waals surface area contributed by atoms with E-state index in [4.69, 9.17) is 4.74 Å². The average Bonchev–Trinajstić information content (AvgIpc) is 2.90. The van der Waals surface area contributed by atoms with Crippen LogP contribution in [0.25, 0.3) is 11.0 Å². The fourth-order valence-corrected chi connectivity index (χ4v) is 3.50. The number of imide groups is 1. The number of aryl methyl sites for hydroxylation is 2. The van der Waals surface area contributed by atoms with Crippen molar-refractivity contribution in [3.8, 4) is 0 Å². The highest BCUT2D eigenvalue weighted by atomic mass is 16.5. The number of ether oxygens (including phenoxy) is 1. The SMILES string of the molecule is CCC(=O)OCCCc1cccc2c1n(C)c(=O)n2C1CCC(=O)NC1=O. The van der Waals surface area contributed by atoms with E-state index in [0.29, 0.717) is 37.8 Å². The number of fused-ring (bicyclic) bond motifs is 1. The zero-order valence-electron chi connectivity index (χ0n) is 15.5. The van der Waals surface area contributed by atoms with Crippen molar-refractivity contribution in [1.82, 2.24) is 14.5 Å². The Bertz CT molecular complexity index is 956. The molecule has 144 valence electrons. The van der Waals surface area contributed by atoms with E-state index < -0.39 is 11.9 Å². The lowest BCUT2D eigenvalue weighted by molar-refractivity contribution is -0.143. The molecule has 0 bridgehead atoms.